The fourth-order valence-corrected chi connectivity index (χ4v) is 3.67. The molecule has 150 valence electrons. The van der Waals surface area contributed by atoms with Gasteiger partial charge in [0.2, 0.25) is 0 Å². The normalized spacial score (nSPS) is 10.8. The molecule has 4 N–H and O–H groups in total. The fourth-order valence-electron chi connectivity index (χ4n) is 3.67. The Hall–Kier alpha value is -3.52. The van der Waals surface area contributed by atoms with E-state index in [1.807, 2.05) is 24.3 Å². The van der Waals surface area contributed by atoms with Crippen molar-refractivity contribution in [1.82, 2.24) is 0 Å². The smallest absolute Gasteiger partial charge is 0.0314 e. The van der Waals surface area contributed by atoms with Crippen molar-refractivity contribution in [2.45, 2.75) is 25.7 Å². The van der Waals surface area contributed by atoms with Crippen molar-refractivity contribution < 1.29 is 0 Å². The maximum atomic E-state index is 5.76. The third-order valence-corrected chi connectivity index (χ3v) is 5.61. The molecule has 0 amide bonds. The summed E-state index contributed by atoms with van der Waals surface area (Å²) in [6, 6.07) is 34.2. The fraction of sp³-hybridized carbons (Fsp3) is 0.143. The van der Waals surface area contributed by atoms with Gasteiger partial charge >= 0.3 is 0 Å². The zero-order chi connectivity index (χ0) is 20.8. The minimum absolute atomic E-state index is 0.819. The number of nitrogen functional groups attached to an aromatic ring is 2. The van der Waals surface area contributed by atoms with Crippen LogP contribution in [0.15, 0.2) is 97.1 Å². The van der Waals surface area contributed by atoms with Crippen LogP contribution in [0.5, 0.6) is 0 Å². The van der Waals surface area contributed by atoms with Gasteiger partial charge in [0, 0.05) is 11.4 Å². The third kappa shape index (κ3) is 5.30. The van der Waals surface area contributed by atoms with Crippen LogP contribution in [0.25, 0.3) is 11.1 Å². The van der Waals surface area contributed by atoms with Crippen LogP contribution in [0.3, 0.4) is 0 Å². The van der Waals surface area contributed by atoms with E-state index in [2.05, 4.69) is 72.8 Å². The van der Waals surface area contributed by atoms with Gasteiger partial charge in [-0.25, -0.2) is 0 Å². The molecule has 0 aliphatic carbocycles. The predicted octanol–water partition coefficient (Wildman–Crippen LogP) is 6.09. The second kappa shape index (κ2) is 9.32. The summed E-state index contributed by atoms with van der Waals surface area (Å²) in [5, 5.41) is 0. The van der Waals surface area contributed by atoms with Crippen LogP contribution in [0.2, 0.25) is 0 Å². The first kappa shape index (κ1) is 19.8. The minimum Gasteiger partial charge on any atom is -0.399 e. The Balaban J connectivity index is 1.33. The Bertz CT molecular complexity index is 971. The molecule has 0 saturated heterocycles. The molecule has 0 aliphatic rings. The molecule has 2 nitrogen and oxygen atoms in total. The van der Waals surface area contributed by atoms with Crippen molar-refractivity contribution in [3.05, 3.63) is 119 Å². The molecular weight excluding hydrogens is 364 g/mol. The number of hydrogen-bond donors (Lipinski definition) is 2. The SMILES string of the molecule is Nc1ccc(CCc2ccc(-c3ccc(CCc4ccc(N)cc4)cc3)cc2)cc1. The quantitative estimate of drug-likeness (QED) is 0.374. The zero-order valence-electron chi connectivity index (χ0n) is 17.2. The molecule has 0 bridgehead atoms. The summed E-state index contributed by atoms with van der Waals surface area (Å²) in [5.41, 5.74) is 21.0. The number of rotatable bonds is 7. The van der Waals surface area contributed by atoms with Gasteiger partial charge in [-0.1, -0.05) is 72.8 Å². The van der Waals surface area contributed by atoms with Crippen LogP contribution in [0.1, 0.15) is 22.3 Å². The molecule has 0 fully saturated rings. The Morgan fingerprint density at radius 3 is 0.833 bits per heavy atom. The average Bonchev–Trinajstić information content (AvgIpc) is 2.79. The summed E-state index contributed by atoms with van der Waals surface area (Å²) in [5.74, 6) is 0. The Morgan fingerprint density at radius 2 is 0.567 bits per heavy atom. The minimum atomic E-state index is 0.819. The van der Waals surface area contributed by atoms with E-state index >= 15 is 0 Å². The van der Waals surface area contributed by atoms with Gasteiger partial charge in [0.1, 0.15) is 0 Å². The molecule has 2 heteroatoms. The van der Waals surface area contributed by atoms with Crippen molar-refractivity contribution in [1.29, 1.82) is 0 Å². The average molecular weight is 393 g/mol. The lowest BCUT2D eigenvalue weighted by molar-refractivity contribution is 0.960. The van der Waals surface area contributed by atoms with Gasteiger partial charge < -0.3 is 11.5 Å². The molecule has 0 saturated carbocycles. The molecule has 0 aromatic heterocycles. The highest BCUT2D eigenvalue weighted by Gasteiger charge is 2.02. The second-order valence-electron chi connectivity index (χ2n) is 7.88. The first-order valence-corrected chi connectivity index (χ1v) is 10.5. The van der Waals surface area contributed by atoms with Gasteiger partial charge in [-0.15, -0.1) is 0 Å². The first-order chi connectivity index (χ1) is 14.7. The van der Waals surface area contributed by atoms with Gasteiger partial charge in [0.05, 0.1) is 0 Å². The molecule has 0 heterocycles. The van der Waals surface area contributed by atoms with Crippen molar-refractivity contribution in [2.75, 3.05) is 11.5 Å². The maximum absolute atomic E-state index is 5.76. The Morgan fingerprint density at radius 1 is 0.333 bits per heavy atom. The van der Waals surface area contributed by atoms with Crippen molar-refractivity contribution >= 4 is 11.4 Å². The van der Waals surface area contributed by atoms with E-state index in [9.17, 15) is 0 Å². The van der Waals surface area contributed by atoms with Crippen molar-refractivity contribution in [2.24, 2.45) is 0 Å². The monoisotopic (exact) mass is 392 g/mol. The van der Waals surface area contributed by atoms with Gasteiger partial charge in [0.25, 0.3) is 0 Å². The van der Waals surface area contributed by atoms with Crippen LogP contribution < -0.4 is 11.5 Å². The highest BCUT2D eigenvalue weighted by Crippen LogP contribution is 2.22. The number of nitrogens with two attached hydrogens (primary N) is 2. The molecule has 4 aromatic carbocycles. The van der Waals surface area contributed by atoms with E-state index in [1.165, 1.54) is 33.4 Å². The second-order valence-corrected chi connectivity index (χ2v) is 7.88. The van der Waals surface area contributed by atoms with Crippen LogP contribution in [-0.2, 0) is 25.7 Å². The van der Waals surface area contributed by atoms with Gasteiger partial charge in [0.15, 0.2) is 0 Å². The molecule has 4 rings (SSSR count). The largest absolute Gasteiger partial charge is 0.399 e. The van der Waals surface area contributed by atoms with E-state index in [0.29, 0.717) is 0 Å². The van der Waals surface area contributed by atoms with Gasteiger partial charge in [-0.2, -0.15) is 0 Å². The Labute approximate surface area is 179 Å². The highest BCUT2D eigenvalue weighted by atomic mass is 14.5. The topological polar surface area (TPSA) is 52.0 Å². The Kier molecular flexibility index (Phi) is 6.14. The lowest BCUT2D eigenvalue weighted by Gasteiger charge is -2.07. The van der Waals surface area contributed by atoms with Crippen LogP contribution in [0.4, 0.5) is 11.4 Å². The lowest BCUT2D eigenvalue weighted by atomic mass is 9.98. The van der Waals surface area contributed by atoms with Crippen LogP contribution in [-0.4, -0.2) is 0 Å². The number of aryl methyl sites for hydroxylation is 4. The van der Waals surface area contributed by atoms with E-state index in [1.54, 1.807) is 0 Å². The summed E-state index contributed by atoms with van der Waals surface area (Å²) in [4.78, 5) is 0. The van der Waals surface area contributed by atoms with E-state index in [4.69, 9.17) is 11.5 Å². The van der Waals surface area contributed by atoms with Crippen LogP contribution in [0, 0.1) is 0 Å². The van der Waals surface area contributed by atoms with E-state index < -0.39 is 0 Å². The molecule has 30 heavy (non-hydrogen) atoms. The summed E-state index contributed by atoms with van der Waals surface area (Å²) >= 11 is 0. The van der Waals surface area contributed by atoms with Crippen LogP contribution >= 0.6 is 0 Å². The summed E-state index contributed by atoms with van der Waals surface area (Å²) in [6.07, 6.45) is 4.13. The standard InChI is InChI=1S/C28H28N2/c29-27-17-9-23(10-18-27)3-1-21-5-13-25(14-6-21)26-15-7-22(8-16-26)2-4-24-11-19-28(30)20-12-24/h5-20H,1-4,29-30H2. The maximum Gasteiger partial charge on any atom is 0.0314 e. The number of benzene rings is 4. The summed E-state index contributed by atoms with van der Waals surface area (Å²) in [6.45, 7) is 0. The molecule has 0 spiro atoms. The van der Waals surface area contributed by atoms with E-state index in [-0.39, 0.29) is 0 Å². The zero-order valence-corrected chi connectivity index (χ0v) is 17.2. The number of anilines is 2. The van der Waals surface area contributed by atoms with Gasteiger partial charge in [-0.05, 0) is 83.3 Å². The predicted molar refractivity (Wildman–Crippen MR) is 128 cm³/mol. The van der Waals surface area contributed by atoms with E-state index in [0.717, 1.165) is 37.1 Å². The van der Waals surface area contributed by atoms with Crippen molar-refractivity contribution in [3.8, 4) is 11.1 Å². The van der Waals surface area contributed by atoms with Crippen molar-refractivity contribution in [3.63, 3.8) is 0 Å². The number of hydrogen-bond acceptors (Lipinski definition) is 2. The summed E-state index contributed by atoms with van der Waals surface area (Å²) < 4.78 is 0. The lowest BCUT2D eigenvalue weighted by Crippen LogP contribution is -1.93. The highest BCUT2D eigenvalue weighted by molar-refractivity contribution is 5.64. The molecule has 0 unspecified atom stereocenters. The summed E-state index contributed by atoms with van der Waals surface area (Å²) in [7, 11) is 0. The molecule has 0 aliphatic heterocycles. The molecular formula is C28H28N2. The molecule has 0 atom stereocenters. The molecule has 4 aromatic rings. The molecule has 0 radical (unpaired) electrons. The third-order valence-electron chi connectivity index (χ3n) is 5.61. The van der Waals surface area contributed by atoms with Gasteiger partial charge in [-0.3, -0.25) is 0 Å². The first-order valence-electron chi connectivity index (χ1n) is 10.5.